The highest BCUT2D eigenvalue weighted by Crippen LogP contribution is 2.06. The van der Waals surface area contributed by atoms with Crippen molar-refractivity contribution in [3.63, 3.8) is 0 Å². The predicted octanol–water partition coefficient (Wildman–Crippen LogP) is 1.55. The molecule has 0 aliphatic rings. The van der Waals surface area contributed by atoms with Crippen LogP contribution in [0, 0.1) is 11.7 Å². The van der Waals surface area contributed by atoms with E-state index in [2.05, 4.69) is 34.5 Å². The molecule has 6 heteroatoms. The number of pyridine rings is 1. The molecular formula is C12H16FN5. The summed E-state index contributed by atoms with van der Waals surface area (Å²) in [6.07, 6.45) is 4.47. The Balaban J connectivity index is 2.02. The second kappa shape index (κ2) is 5.68. The lowest BCUT2D eigenvalue weighted by Gasteiger charge is -2.04. The summed E-state index contributed by atoms with van der Waals surface area (Å²) in [5.74, 6) is 0.204. The summed E-state index contributed by atoms with van der Waals surface area (Å²) in [6.45, 7) is 5.86. The molecule has 2 aromatic heterocycles. The van der Waals surface area contributed by atoms with Crippen molar-refractivity contribution in [2.24, 2.45) is 5.92 Å². The van der Waals surface area contributed by atoms with E-state index in [-0.39, 0.29) is 5.82 Å². The largest absolute Gasteiger partial charge is 0.311 e. The third-order valence-corrected chi connectivity index (χ3v) is 2.35. The number of hydrogen-bond acceptors (Lipinski definition) is 4. The van der Waals surface area contributed by atoms with Gasteiger partial charge in [-0.25, -0.2) is 9.07 Å². The highest BCUT2D eigenvalue weighted by atomic mass is 19.1. The molecule has 0 amide bonds. The van der Waals surface area contributed by atoms with Crippen LogP contribution < -0.4 is 5.32 Å². The van der Waals surface area contributed by atoms with E-state index in [0.29, 0.717) is 18.2 Å². The molecule has 0 unspecified atom stereocenters. The van der Waals surface area contributed by atoms with Crippen molar-refractivity contribution < 1.29 is 4.39 Å². The van der Waals surface area contributed by atoms with Crippen molar-refractivity contribution in [1.29, 1.82) is 0 Å². The molecule has 0 radical (unpaired) electrons. The lowest BCUT2D eigenvalue weighted by molar-refractivity contribution is 0.548. The fraction of sp³-hybridized carbons (Fsp3) is 0.417. The standard InChI is InChI=1S/C12H16FN5/c1-9(2)4-14-6-11-8-18(17-16-11)12-3-10(13)5-15-7-12/h3,5,7-9,14H,4,6H2,1-2H3. The van der Waals surface area contributed by atoms with Gasteiger partial charge in [-0.3, -0.25) is 4.98 Å². The first-order valence-electron chi connectivity index (χ1n) is 5.88. The topological polar surface area (TPSA) is 55.6 Å². The predicted molar refractivity (Wildman–Crippen MR) is 65.7 cm³/mol. The number of nitrogens with one attached hydrogen (secondary N) is 1. The summed E-state index contributed by atoms with van der Waals surface area (Å²) in [5, 5.41) is 11.2. The summed E-state index contributed by atoms with van der Waals surface area (Å²) in [7, 11) is 0. The normalized spacial score (nSPS) is 11.1. The Morgan fingerprint density at radius 2 is 2.22 bits per heavy atom. The van der Waals surface area contributed by atoms with E-state index in [0.717, 1.165) is 18.4 Å². The molecule has 0 fully saturated rings. The SMILES string of the molecule is CC(C)CNCc1cn(-c2cncc(F)c2)nn1. The first-order valence-corrected chi connectivity index (χ1v) is 5.88. The lowest BCUT2D eigenvalue weighted by atomic mass is 10.2. The van der Waals surface area contributed by atoms with Crippen LogP contribution in [0.2, 0.25) is 0 Å². The van der Waals surface area contributed by atoms with Crippen LogP contribution in [-0.4, -0.2) is 26.5 Å². The van der Waals surface area contributed by atoms with Gasteiger partial charge in [0.15, 0.2) is 0 Å². The van der Waals surface area contributed by atoms with Gasteiger partial charge in [-0.05, 0) is 12.5 Å². The number of nitrogens with zero attached hydrogens (tertiary/aromatic N) is 4. The van der Waals surface area contributed by atoms with Gasteiger partial charge >= 0.3 is 0 Å². The lowest BCUT2D eigenvalue weighted by Crippen LogP contribution is -2.19. The Morgan fingerprint density at radius 1 is 1.39 bits per heavy atom. The Morgan fingerprint density at radius 3 is 2.94 bits per heavy atom. The zero-order valence-corrected chi connectivity index (χ0v) is 10.5. The van der Waals surface area contributed by atoms with Gasteiger partial charge in [-0.15, -0.1) is 5.10 Å². The van der Waals surface area contributed by atoms with Gasteiger partial charge in [0, 0.05) is 12.6 Å². The molecule has 2 aromatic rings. The molecule has 18 heavy (non-hydrogen) atoms. The smallest absolute Gasteiger partial charge is 0.143 e. The molecule has 0 bridgehead atoms. The second-order valence-corrected chi connectivity index (χ2v) is 4.54. The zero-order valence-electron chi connectivity index (χ0n) is 10.5. The molecule has 0 spiro atoms. The Kier molecular flexibility index (Phi) is 3.99. The van der Waals surface area contributed by atoms with Crippen LogP contribution in [0.4, 0.5) is 4.39 Å². The molecule has 5 nitrogen and oxygen atoms in total. The van der Waals surface area contributed by atoms with Crippen LogP contribution in [-0.2, 0) is 6.54 Å². The maximum absolute atomic E-state index is 13.0. The quantitative estimate of drug-likeness (QED) is 0.873. The van der Waals surface area contributed by atoms with Gasteiger partial charge in [0.1, 0.15) is 5.82 Å². The molecule has 0 saturated carbocycles. The molecule has 2 heterocycles. The molecule has 96 valence electrons. The van der Waals surface area contributed by atoms with E-state index in [1.54, 1.807) is 12.4 Å². The van der Waals surface area contributed by atoms with E-state index < -0.39 is 0 Å². The molecule has 0 atom stereocenters. The van der Waals surface area contributed by atoms with Crippen LogP contribution in [0.3, 0.4) is 0 Å². The van der Waals surface area contributed by atoms with Gasteiger partial charge in [0.2, 0.25) is 0 Å². The van der Waals surface area contributed by atoms with E-state index >= 15 is 0 Å². The molecular weight excluding hydrogens is 233 g/mol. The Bertz CT molecular complexity index is 509. The van der Waals surface area contributed by atoms with Crippen molar-refractivity contribution >= 4 is 0 Å². The van der Waals surface area contributed by atoms with Gasteiger partial charge < -0.3 is 5.32 Å². The fourth-order valence-electron chi connectivity index (χ4n) is 1.52. The van der Waals surface area contributed by atoms with Gasteiger partial charge in [0.25, 0.3) is 0 Å². The van der Waals surface area contributed by atoms with Gasteiger partial charge in [-0.2, -0.15) is 0 Å². The van der Waals surface area contributed by atoms with Crippen molar-refractivity contribution in [2.45, 2.75) is 20.4 Å². The summed E-state index contributed by atoms with van der Waals surface area (Å²) in [5.41, 5.74) is 1.39. The number of rotatable bonds is 5. The summed E-state index contributed by atoms with van der Waals surface area (Å²) in [4.78, 5) is 3.78. The first-order chi connectivity index (χ1) is 8.65. The Hall–Kier alpha value is -1.82. The average Bonchev–Trinajstić information content (AvgIpc) is 2.77. The van der Waals surface area contributed by atoms with Crippen LogP contribution in [0.5, 0.6) is 0 Å². The molecule has 0 saturated heterocycles. The van der Waals surface area contributed by atoms with E-state index in [9.17, 15) is 4.39 Å². The molecule has 2 rings (SSSR count). The molecule has 1 N–H and O–H groups in total. The molecule has 0 aliphatic heterocycles. The van der Waals surface area contributed by atoms with Crippen LogP contribution >= 0.6 is 0 Å². The minimum absolute atomic E-state index is 0.387. The third kappa shape index (κ3) is 3.33. The summed E-state index contributed by atoms with van der Waals surface area (Å²) >= 11 is 0. The zero-order chi connectivity index (χ0) is 13.0. The van der Waals surface area contributed by atoms with Crippen LogP contribution in [0.15, 0.2) is 24.7 Å². The highest BCUT2D eigenvalue weighted by molar-refractivity contribution is 5.26. The fourth-order valence-corrected chi connectivity index (χ4v) is 1.52. The number of halogens is 1. The van der Waals surface area contributed by atoms with E-state index in [1.165, 1.54) is 10.7 Å². The van der Waals surface area contributed by atoms with Gasteiger partial charge in [0.05, 0.1) is 30.0 Å². The highest BCUT2D eigenvalue weighted by Gasteiger charge is 2.04. The minimum atomic E-state index is -0.387. The van der Waals surface area contributed by atoms with Crippen molar-refractivity contribution in [2.75, 3.05) is 6.54 Å². The van der Waals surface area contributed by atoms with Crippen molar-refractivity contribution in [3.05, 3.63) is 36.2 Å². The number of hydrogen-bond donors (Lipinski definition) is 1. The average molecular weight is 249 g/mol. The van der Waals surface area contributed by atoms with Crippen LogP contribution in [0.25, 0.3) is 5.69 Å². The maximum atomic E-state index is 13.0. The van der Waals surface area contributed by atoms with Crippen LogP contribution in [0.1, 0.15) is 19.5 Å². The molecule has 0 aromatic carbocycles. The summed E-state index contributed by atoms with van der Waals surface area (Å²) < 4.78 is 14.5. The van der Waals surface area contributed by atoms with Gasteiger partial charge in [-0.1, -0.05) is 19.1 Å². The first kappa shape index (κ1) is 12.6. The maximum Gasteiger partial charge on any atom is 0.143 e. The Labute approximate surface area is 105 Å². The van der Waals surface area contributed by atoms with E-state index in [4.69, 9.17) is 0 Å². The molecule has 0 aliphatic carbocycles. The van der Waals surface area contributed by atoms with E-state index in [1.807, 2.05) is 0 Å². The second-order valence-electron chi connectivity index (χ2n) is 4.54. The van der Waals surface area contributed by atoms with Crippen molar-refractivity contribution in [1.82, 2.24) is 25.3 Å². The van der Waals surface area contributed by atoms with Crippen molar-refractivity contribution in [3.8, 4) is 5.69 Å². The number of aromatic nitrogens is 4. The third-order valence-electron chi connectivity index (χ3n) is 2.35. The monoisotopic (exact) mass is 249 g/mol. The minimum Gasteiger partial charge on any atom is -0.311 e. The summed E-state index contributed by atoms with van der Waals surface area (Å²) in [6, 6.07) is 1.37.